The third-order valence-electron chi connectivity index (χ3n) is 4.53. The molecule has 2 atom stereocenters. The van der Waals surface area contributed by atoms with Crippen molar-refractivity contribution in [1.82, 2.24) is 0 Å². The summed E-state index contributed by atoms with van der Waals surface area (Å²) in [5.74, 6) is -0.0583. The number of carbonyl (C=O) groups is 2. The molecule has 0 saturated carbocycles. The number of thioether (sulfide) groups is 1. The lowest BCUT2D eigenvalue weighted by molar-refractivity contribution is -0.123. The van der Waals surface area contributed by atoms with Crippen LogP contribution in [0.15, 0.2) is 53.4 Å². The van der Waals surface area contributed by atoms with Crippen LogP contribution in [0.1, 0.15) is 35.7 Å². The number of anilines is 1. The van der Waals surface area contributed by atoms with Crippen LogP contribution in [0.4, 0.5) is 5.69 Å². The van der Waals surface area contributed by atoms with Gasteiger partial charge in [-0.05, 0) is 51.0 Å². The van der Waals surface area contributed by atoms with Crippen LogP contribution in [0, 0.1) is 6.92 Å². The molecule has 0 bridgehead atoms. The second-order valence-electron chi connectivity index (χ2n) is 6.85. The van der Waals surface area contributed by atoms with Gasteiger partial charge in [0.15, 0.2) is 6.10 Å². The Morgan fingerprint density at radius 3 is 2.68 bits per heavy atom. The predicted molar refractivity (Wildman–Crippen MR) is 111 cm³/mol. The van der Waals surface area contributed by atoms with Crippen LogP contribution < -0.4 is 5.32 Å². The lowest BCUT2D eigenvalue weighted by Crippen LogP contribution is -2.30. The summed E-state index contributed by atoms with van der Waals surface area (Å²) in [5, 5.41) is 2.76. The van der Waals surface area contributed by atoms with E-state index in [4.69, 9.17) is 9.47 Å². The Balaban J connectivity index is 1.58. The number of hydrogen-bond acceptors (Lipinski definition) is 5. The monoisotopic (exact) mass is 399 g/mol. The van der Waals surface area contributed by atoms with Crippen molar-refractivity contribution in [2.45, 2.75) is 43.8 Å². The Labute approximate surface area is 169 Å². The van der Waals surface area contributed by atoms with Gasteiger partial charge in [0.2, 0.25) is 0 Å². The van der Waals surface area contributed by atoms with Gasteiger partial charge in [0.1, 0.15) is 0 Å². The Morgan fingerprint density at radius 1 is 1.21 bits per heavy atom. The smallest absolute Gasteiger partial charge is 0.340 e. The first-order valence-electron chi connectivity index (χ1n) is 9.45. The maximum Gasteiger partial charge on any atom is 0.340 e. The summed E-state index contributed by atoms with van der Waals surface area (Å²) in [6.07, 6.45) is 1.47. The minimum absolute atomic E-state index is 0.230. The fourth-order valence-corrected chi connectivity index (χ4v) is 3.99. The van der Waals surface area contributed by atoms with E-state index >= 15 is 0 Å². The predicted octanol–water partition coefficient (Wildman–Crippen LogP) is 4.45. The van der Waals surface area contributed by atoms with E-state index in [2.05, 4.69) is 5.32 Å². The van der Waals surface area contributed by atoms with E-state index in [1.165, 1.54) is 0 Å². The van der Waals surface area contributed by atoms with Crippen molar-refractivity contribution in [3.63, 3.8) is 0 Å². The van der Waals surface area contributed by atoms with E-state index in [1.807, 2.05) is 43.3 Å². The molecule has 1 heterocycles. The van der Waals surface area contributed by atoms with Gasteiger partial charge in [0.05, 0.1) is 11.7 Å². The van der Waals surface area contributed by atoms with E-state index in [-0.39, 0.29) is 12.0 Å². The summed E-state index contributed by atoms with van der Waals surface area (Å²) in [6, 6.07) is 14.8. The summed E-state index contributed by atoms with van der Waals surface area (Å²) >= 11 is 1.59. The van der Waals surface area contributed by atoms with Crippen LogP contribution in [0.3, 0.4) is 0 Å². The van der Waals surface area contributed by atoms with Gasteiger partial charge in [0.25, 0.3) is 5.91 Å². The molecule has 1 amide bonds. The van der Waals surface area contributed by atoms with Gasteiger partial charge < -0.3 is 14.8 Å². The number of carbonyl (C=O) groups excluding carboxylic acids is 2. The molecule has 1 aliphatic rings. The van der Waals surface area contributed by atoms with Gasteiger partial charge in [-0.2, -0.15) is 0 Å². The first kappa shape index (κ1) is 20.4. The van der Waals surface area contributed by atoms with Gasteiger partial charge >= 0.3 is 5.97 Å². The molecule has 0 aromatic heterocycles. The first-order valence-corrected chi connectivity index (χ1v) is 10.4. The molecule has 3 rings (SSSR count). The lowest BCUT2D eigenvalue weighted by Gasteiger charge is -2.15. The highest BCUT2D eigenvalue weighted by molar-refractivity contribution is 7.99. The Kier molecular flexibility index (Phi) is 7.12. The third-order valence-corrected chi connectivity index (χ3v) is 5.73. The molecule has 2 aromatic carbocycles. The molecule has 1 aliphatic heterocycles. The average molecular weight is 400 g/mol. The van der Waals surface area contributed by atoms with Gasteiger partial charge in [0, 0.05) is 22.9 Å². The van der Waals surface area contributed by atoms with E-state index in [9.17, 15) is 9.59 Å². The number of hydrogen-bond donors (Lipinski definition) is 1. The Morgan fingerprint density at radius 2 is 1.96 bits per heavy atom. The van der Waals surface area contributed by atoms with Crippen molar-refractivity contribution in [3.8, 4) is 0 Å². The maximum atomic E-state index is 12.6. The number of rotatable bonds is 7. The summed E-state index contributed by atoms with van der Waals surface area (Å²) in [7, 11) is 0. The zero-order chi connectivity index (χ0) is 19.9. The topological polar surface area (TPSA) is 64.6 Å². The first-order chi connectivity index (χ1) is 13.5. The molecule has 0 spiro atoms. The molecule has 148 valence electrons. The quantitative estimate of drug-likeness (QED) is 0.550. The van der Waals surface area contributed by atoms with Crippen molar-refractivity contribution >= 4 is 29.3 Å². The van der Waals surface area contributed by atoms with Gasteiger partial charge in [-0.15, -0.1) is 11.8 Å². The van der Waals surface area contributed by atoms with Crippen molar-refractivity contribution in [2.24, 2.45) is 0 Å². The van der Waals surface area contributed by atoms with Crippen molar-refractivity contribution < 1.29 is 19.1 Å². The molecule has 1 fully saturated rings. The fourth-order valence-electron chi connectivity index (χ4n) is 2.88. The average Bonchev–Trinajstić information content (AvgIpc) is 3.22. The van der Waals surface area contributed by atoms with Crippen molar-refractivity contribution in [3.05, 3.63) is 59.7 Å². The number of ether oxygens (including phenoxy) is 2. The summed E-state index contributed by atoms with van der Waals surface area (Å²) in [5.41, 5.74) is 2.25. The van der Waals surface area contributed by atoms with Crippen LogP contribution in [0.25, 0.3) is 0 Å². The van der Waals surface area contributed by atoms with Crippen molar-refractivity contribution in [1.29, 1.82) is 0 Å². The molecule has 0 radical (unpaired) electrons. The second-order valence-corrected chi connectivity index (χ2v) is 7.91. The number of nitrogens with one attached hydrogen (secondary N) is 1. The minimum Gasteiger partial charge on any atom is -0.449 e. The maximum absolute atomic E-state index is 12.6. The molecule has 0 unspecified atom stereocenters. The molecule has 28 heavy (non-hydrogen) atoms. The molecule has 1 N–H and O–H groups in total. The molecular weight excluding hydrogens is 374 g/mol. The molecule has 1 saturated heterocycles. The normalized spacial score (nSPS) is 17.1. The highest BCUT2D eigenvalue weighted by Gasteiger charge is 2.22. The lowest BCUT2D eigenvalue weighted by atomic mass is 10.2. The van der Waals surface area contributed by atoms with Crippen LogP contribution in [-0.4, -0.2) is 36.4 Å². The van der Waals surface area contributed by atoms with Gasteiger partial charge in [-0.25, -0.2) is 4.79 Å². The van der Waals surface area contributed by atoms with Crippen molar-refractivity contribution in [2.75, 3.05) is 17.7 Å². The standard InChI is InChI=1S/C22H25NO4S/c1-15-9-11-17(12-10-15)23-21(24)16(2)27-22(25)19-7-3-4-8-20(19)28-14-18-6-5-13-26-18/h3-4,7-12,16,18H,5-6,13-14H2,1-2H3,(H,23,24)/t16-,18+/m1/s1. The number of amides is 1. The van der Waals surface area contributed by atoms with Crippen LogP contribution in [0.5, 0.6) is 0 Å². The van der Waals surface area contributed by atoms with Gasteiger partial charge in [-0.3, -0.25) is 4.79 Å². The van der Waals surface area contributed by atoms with E-state index < -0.39 is 12.1 Å². The van der Waals surface area contributed by atoms with E-state index in [0.717, 1.165) is 35.7 Å². The van der Waals surface area contributed by atoms with Crippen LogP contribution in [0.2, 0.25) is 0 Å². The molecule has 2 aromatic rings. The highest BCUT2D eigenvalue weighted by atomic mass is 32.2. The molecular formula is C22H25NO4S. The van der Waals surface area contributed by atoms with Gasteiger partial charge in [-0.1, -0.05) is 29.8 Å². The largest absolute Gasteiger partial charge is 0.449 e. The number of benzene rings is 2. The minimum atomic E-state index is -0.898. The zero-order valence-corrected chi connectivity index (χ0v) is 17.0. The summed E-state index contributed by atoms with van der Waals surface area (Å²) in [6.45, 7) is 4.36. The van der Waals surface area contributed by atoms with E-state index in [1.54, 1.807) is 30.8 Å². The summed E-state index contributed by atoms with van der Waals surface area (Å²) in [4.78, 5) is 25.8. The SMILES string of the molecule is Cc1ccc(NC(=O)[C@@H](C)OC(=O)c2ccccc2SC[C@@H]2CCCO2)cc1. The number of aryl methyl sites for hydroxylation is 1. The third kappa shape index (κ3) is 5.59. The van der Waals surface area contributed by atoms with E-state index in [0.29, 0.717) is 11.3 Å². The molecule has 6 heteroatoms. The molecule has 5 nitrogen and oxygen atoms in total. The zero-order valence-electron chi connectivity index (χ0n) is 16.1. The Bertz CT molecular complexity index is 816. The second kappa shape index (κ2) is 9.75. The summed E-state index contributed by atoms with van der Waals surface area (Å²) < 4.78 is 11.1. The molecule has 0 aliphatic carbocycles. The Hall–Kier alpha value is -2.31. The van der Waals surface area contributed by atoms with Crippen LogP contribution >= 0.6 is 11.8 Å². The van der Waals surface area contributed by atoms with Crippen LogP contribution in [-0.2, 0) is 14.3 Å². The highest BCUT2D eigenvalue weighted by Crippen LogP contribution is 2.27. The fraction of sp³-hybridized carbons (Fsp3) is 0.364. The number of esters is 1.